The molecule has 0 N–H and O–H groups in total. The van der Waals surface area contributed by atoms with E-state index in [2.05, 4.69) is 4.98 Å². The number of carbonyl (C=O) groups excluding carboxylic acids is 2. The second kappa shape index (κ2) is 7.52. The fraction of sp³-hybridized carbons (Fsp3) is 0.350. The van der Waals surface area contributed by atoms with E-state index in [1.54, 1.807) is 24.6 Å². The predicted octanol–water partition coefficient (Wildman–Crippen LogP) is 3.91. The van der Waals surface area contributed by atoms with Crippen molar-refractivity contribution < 1.29 is 19.1 Å². The maximum Gasteiger partial charge on any atom is 0.311 e. The first-order valence-corrected chi connectivity index (χ1v) is 9.49. The monoisotopic (exact) mass is 386 g/mol. The Hall–Kier alpha value is -2.67. The molecule has 0 unspecified atom stereocenters. The zero-order valence-corrected chi connectivity index (χ0v) is 16.9. The number of aryl methyl sites for hydroxylation is 1. The Balaban J connectivity index is 2.10. The smallest absolute Gasteiger partial charge is 0.311 e. The zero-order valence-electron chi connectivity index (χ0n) is 16.1. The lowest BCUT2D eigenvalue weighted by Gasteiger charge is -2.15. The number of nitrogens with zero attached hydrogens (tertiary/aromatic N) is 2. The van der Waals surface area contributed by atoms with E-state index in [9.17, 15) is 9.59 Å². The number of methoxy groups -OCH3 is 1. The Kier molecular flexibility index (Phi) is 5.32. The van der Waals surface area contributed by atoms with Gasteiger partial charge < -0.3 is 9.47 Å². The minimum absolute atomic E-state index is 0.176. The predicted molar refractivity (Wildman–Crippen MR) is 105 cm³/mol. The quantitative estimate of drug-likeness (QED) is 0.474. The Morgan fingerprint density at radius 3 is 2.67 bits per heavy atom. The lowest BCUT2D eigenvalue weighted by Crippen LogP contribution is -2.06. The molecule has 0 aliphatic heterocycles. The molecule has 6 nitrogen and oxygen atoms in total. The molecule has 0 atom stereocenters. The van der Waals surface area contributed by atoms with Gasteiger partial charge in [-0.1, -0.05) is 0 Å². The van der Waals surface area contributed by atoms with E-state index in [4.69, 9.17) is 9.47 Å². The molecule has 2 heterocycles. The fourth-order valence-electron chi connectivity index (χ4n) is 3.27. The molecule has 142 valence electrons. The van der Waals surface area contributed by atoms with E-state index in [0.717, 1.165) is 39.2 Å². The van der Waals surface area contributed by atoms with Crippen LogP contribution in [0, 0.1) is 20.8 Å². The van der Waals surface area contributed by atoms with E-state index in [1.807, 2.05) is 26.8 Å². The first-order chi connectivity index (χ1) is 12.9. The van der Waals surface area contributed by atoms with Crippen LogP contribution in [0.15, 0.2) is 12.3 Å². The van der Waals surface area contributed by atoms with Crippen molar-refractivity contribution in [3.63, 3.8) is 0 Å². The molecule has 0 spiro atoms. The van der Waals surface area contributed by atoms with E-state index < -0.39 is 0 Å². The van der Waals surface area contributed by atoms with Crippen LogP contribution in [0.5, 0.6) is 5.75 Å². The normalized spacial score (nSPS) is 11.0. The minimum atomic E-state index is -0.285. The lowest BCUT2D eigenvalue weighted by atomic mass is 9.96. The number of aldehydes is 1. The maximum atomic E-state index is 11.8. The maximum absolute atomic E-state index is 11.8. The summed E-state index contributed by atoms with van der Waals surface area (Å²) >= 11 is 1.39. The van der Waals surface area contributed by atoms with Crippen molar-refractivity contribution in [2.24, 2.45) is 0 Å². The molecular formula is C20H22N2O4S. The summed E-state index contributed by atoms with van der Waals surface area (Å²) in [5.74, 6) is 0.564. The van der Waals surface area contributed by atoms with Crippen molar-refractivity contribution in [1.82, 2.24) is 9.38 Å². The van der Waals surface area contributed by atoms with Crippen molar-refractivity contribution in [2.75, 3.05) is 13.7 Å². The Morgan fingerprint density at radius 2 is 2.04 bits per heavy atom. The second-order valence-corrected chi connectivity index (χ2v) is 7.41. The topological polar surface area (TPSA) is 69.9 Å². The van der Waals surface area contributed by atoms with Gasteiger partial charge in [-0.05, 0) is 50.5 Å². The molecule has 0 aliphatic carbocycles. The highest BCUT2D eigenvalue weighted by Crippen LogP contribution is 2.36. The SMILES string of the molecule is CCOC(=O)Cc1cn2c(C=O)c(-c3cc(C)c(OC)c(C)c3C)nc2s1. The zero-order chi connectivity index (χ0) is 19.7. The van der Waals surface area contributed by atoms with Gasteiger partial charge in [0, 0.05) is 16.6 Å². The Labute approximate surface area is 161 Å². The van der Waals surface area contributed by atoms with Gasteiger partial charge in [-0.3, -0.25) is 14.0 Å². The minimum Gasteiger partial charge on any atom is -0.496 e. The van der Waals surface area contributed by atoms with Crippen LogP contribution in [-0.4, -0.2) is 35.4 Å². The highest BCUT2D eigenvalue weighted by Gasteiger charge is 2.21. The molecule has 0 bridgehead atoms. The fourth-order valence-corrected chi connectivity index (χ4v) is 4.24. The van der Waals surface area contributed by atoms with Crippen molar-refractivity contribution in [1.29, 1.82) is 0 Å². The Bertz CT molecular complexity index is 1030. The third-order valence-corrected chi connectivity index (χ3v) is 5.61. The summed E-state index contributed by atoms with van der Waals surface area (Å²) in [5.41, 5.74) is 5.08. The van der Waals surface area contributed by atoms with Gasteiger partial charge in [-0.15, -0.1) is 11.3 Å². The number of hydrogen-bond donors (Lipinski definition) is 0. The van der Waals surface area contributed by atoms with Crippen molar-refractivity contribution in [3.8, 4) is 17.0 Å². The first-order valence-electron chi connectivity index (χ1n) is 8.67. The molecule has 0 aliphatic rings. The van der Waals surface area contributed by atoms with E-state index in [0.29, 0.717) is 23.0 Å². The van der Waals surface area contributed by atoms with Crippen LogP contribution in [-0.2, 0) is 16.0 Å². The summed E-state index contributed by atoms with van der Waals surface area (Å²) in [4.78, 5) is 29.7. The largest absolute Gasteiger partial charge is 0.496 e. The third-order valence-electron chi connectivity index (χ3n) is 4.63. The van der Waals surface area contributed by atoms with Crippen LogP contribution in [0.3, 0.4) is 0 Å². The van der Waals surface area contributed by atoms with Crippen LogP contribution >= 0.6 is 11.3 Å². The van der Waals surface area contributed by atoms with E-state index >= 15 is 0 Å². The molecule has 3 aromatic rings. The van der Waals surface area contributed by atoms with Gasteiger partial charge in [0.15, 0.2) is 11.2 Å². The molecule has 3 rings (SSSR count). The number of ether oxygens (including phenoxy) is 2. The van der Waals surface area contributed by atoms with Gasteiger partial charge in [-0.25, -0.2) is 4.98 Å². The molecule has 1 aromatic carbocycles. The molecular weight excluding hydrogens is 364 g/mol. The molecule has 0 saturated carbocycles. The summed E-state index contributed by atoms with van der Waals surface area (Å²) in [6.45, 7) is 8.10. The van der Waals surface area contributed by atoms with Crippen LogP contribution in [0.1, 0.15) is 39.0 Å². The van der Waals surface area contributed by atoms with Crippen LogP contribution in [0.25, 0.3) is 16.2 Å². The molecule has 2 aromatic heterocycles. The standard InChI is InChI=1S/C20H22N2O4S/c1-6-26-17(24)8-14-9-22-16(10-23)18(21-20(22)27-14)15-7-11(2)19(25-5)13(4)12(15)3/h7,9-10H,6,8H2,1-5H3. The highest BCUT2D eigenvalue weighted by molar-refractivity contribution is 7.17. The Morgan fingerprint density at radius 1 is 1.30 bits per heavy atom. The van der Waals surface area contributed by atoms with Crippen molar-refractivity contribution in [3.05, 3.63) is 39.5 Å². The summed E-state index contributed by atoms with van der Waals surface area (Å²) in [6, 6.07) is 2.00. The molecule has 0 saturated heterocycles. The van der Waals surface area contributed by atoms with Gasteiger partial charge in [-0.2, -0.15) is 0 Å². The van der Waals surface area contributed by atoms with E-state index in [-0.39, 0.29) is 12.4 Å². The number of rotatable bonds is 6. The van der Waals surface area contributed by atoms with Gasteiger partial charge in [0.05, 0.1) is 20.1 Å². The number of carbonyl (C=O) groups is 2. The average Bonchev–Trinajstić information content (AvgIpc) is 3.15. The van der Waals surface area contributed by atoms with Crippen molar-refractivity contribution >= 4 is 28.6 Å². The molecule has 7 heteroatoms. The van der Waals surface area contributed by atoms with Crippen LogP contribution in [0.4, 0.5) is 0 Å². The number of hydrogen-bond acceptors (Lipinski definition) is 6. The molecule has 0 fully saturated rings. The molecule has 0 amide bonds. The number of esters is 1. The summed E-state index contributed by atoms with van der Waals surface area (Å²) in [6.07, 6.45) is 2.77. The van der Waals surface area contributed by atoms with Gasteiger partial charge in [0.25, 0.3) is 0 Å². The highest BCUT2D eigenvalue weighted by atomic mass is 32.1. The van der Waals surface area contributed by atoms with Gasteiger partial charge in [0.1, 0.15) is 17.1 Å². The van der Waals surface area contributed by atoms with E-state index in [1.165, 1.54) is 11.3 Å². The molecule has 27 heavy (non-hydrogen) atoms. The van der Waals surface area contributed by atoms with Gasteiger partial charge in [0.2, 0.25) is 0 Å². The first kappa shape index (κ1) is 19.1. The summed E-state index contributed by atoms with van der Waals surface area (Å²) in [5, 5.41) is 0. The second-order valence-electron chi connectivity index (χ2n) is 6.32. The summed E-state index contributed by atoms with van der Waals surface area (Å²) < 4.78 is 12.2. The number of fused-ring (bicyclic) bond motifs is 1. The van der Waals surface area contributed by atoms with Gasteiger partial charge >= 0.3 is 5.97 Å². The molecule has 0 radical (unpaired) electrons. The lowest BCUT2D eigenvalue weighted by molar-refractivity contribution is -0.142. The summed E-state index contributed by atoms with van der Waals surface area (Å²) in [7, 11) is 1.66. The number of imidazole rings is 1. The van der Waals surface area contributed by atoms with Crippen molar-refractivity contribution in [2.45, 2.75) is 34.1 Å². The average molecular weight is 386 g/mol. The van der Waals surface area contributed by atoms with Crippen LogP contribution in [0.2, 0.25) is 0 Å². The number of aromatic nitrogens is 2. The number of benzene rings is 1. The third kappa shape index (κ3) is 3.35. The van der Waals surface area contributed by atoms with Crippen LogP contribution < -0.4 is 4.74 Å². The number of thiazole rings is 1.